The lowest BCUT2D eigenvalue weighted by atomic mass is 10.1. The molecule has 1 fully saturated rings. The van der Waals surface area contributed by atoms with Crippen LogP contribution in [0.25, 0.3) is 5.57 Å². The lowest BCUT2D eigenvalue weighted by molar-refractivity contribution is -0.120. The molecule has 0 spiro atoms. The molecule has 0 aromatic heterocycles. The first-order valence-corrected chi connectivity index (χ1v) is 8.91. The van der Waals surface area contributed by atoms with Gasteiger partial charge in [-0.25, -0.2) is 8.78 Å². The van der Waals surface area contributed by atoms with E-state index >= 15 is 0 Å². The van der Waals surface area contributed by atoms with Gasteiger partial charge in [0.2, 0.25) is 5.91 Å². The first-order chi connectivity index (χ1) is 13.5. The number of nitrogens with one attached hydrogen (secondary N) is 3. The summed E-state index contributed by atoms with van der Waals surface area (Å²) < 4.78 is 28.7. The smallest absolute Gasteiger partial charge is 0.257 e. The highest BCUT2D eigenvalue weighted by Crippen LogP contribution is 2.33. The Morgan fingerprint density at radius 2 is 1.93 bits per heavy atom. The molecule has 0 radical (unpaired) electrons. The summed E-state index contributed by atoms with van der Waals surface area (Å²) in [5, 5.41) is 8.21. The molecular weight excluding hydrogens is 366 g/mol. The highest BCUT2D eigenvalue weighted by atomic mass is 19.1. The van der Waals surface area contributed by atoms with Crippen LogP contribution in [0.3, 0.4) is 0 Å². The topological polar surface area (TPSA) is 73.5 Å². The maximum atomic E-state index is 14.6. The third-order valence-corrected chi connectivity index (χ3v) is 4.76. The van der Waals surface area contributed by atoms with Crippen molar-refractivity contribution in [2.45, 2.75) is 6.42 Å². The van der Waals surface area contributed by atoms with Gasteiger partial charge in [-0.3, -0.25) is 9.59 Å². The Hall–Kier alpha value is -3.42. The molecule has 1 saturated heterocycles. The Bertz CT molecular complexity index is 990. The van der Waals surface area contributed by atoms with E-state index in [2.05, 4.69) is 16.0 Å². The summed E-state index contributed by atoms with van der Waals surface area (Å²) in [6, 6.07) is 9.01. The average Bonchev–Trinajstić information content (AvgIpc) is 2.84. The fourth-order valence-electron chi connectivity index (χ4n) is 3.36. The van der Waals surface area contributed by atoms with Crippen LogP contribution in [0.2, 0.25) is 0 Å². The molecule has 0 unspecified atom stereocenters. The Kier molecular flexibility index (Phi) is 4.68. The van der Waals surface area contributed by atoms with Crippen LogP contribution in [-0.2, 0) is 9.59 Å². The zero-order valence-corrected chi connectivity index (χ0v) is 14.9. The van der Waals surface area contributed by atoms with Gasteiger partial charge in [0, 0.05) is 43.5 Å². The molecule has 0 bridgehead atoms. The van der Waals surface area contributed by atoms with E-state index in [1.165, 1.54) is 24.4 Å². The number of rotatable bonds is 3. The van der Waals surface area contributed by atoms with Crippen molar-refractivity contribution >= 4 is 34.4 Å². The fourth-order valence-corrected chi connectivity index (χ4v) is 3.36. The molecule has 144 valence electrons. The number of fused-ring (bicyclic) bond motifs is 1. The first kappa shape index (κ1) is 18.0. The normalized spacial score (nSPS) is 17.8. The van der Waals surface area contributed by atoms with Gasteiger partial charge < -0.3 is 20.9 Å². The molecule has 8 heteroatoms. The van der Waals surface area contributed by atoms with Crippen molar-refractivity contribution in [2.75, 3.05) is 35.2 Å². The zero-order valence-electron chi connectivity index (χ0n) is 14.9. The minimum atomic E-state index is -0.505. The van der Waals surface area contributed by atoms with E-state index in [1.54, 1.807) is 18.2 Å². The standard InChI is InChI=1S/C20H18F2N4O2/c21-14-2-1-3-16-19(14)13(20(28)25-16)11-24-12-4-5-17(15(22)10-12)26-8-6-18(27)23-7-9-26/h1-5,10-11,24H,6-9H2,(H,23,27)(H,25,28)/b13-11+. The molecule has 0 saturated carbocycles. The Labute approximate surface area is 160 Å². The fraction of sp³-hybridized carbons (Fsp3) is 0.200. The monoisotopic (exact) mass is 384 g/mol. The van der Waals surface area contributed by atoms with Gasteiger partial charge >= 0.3 is 0 Å². The Morgan fingerprint density at radius 1 is 1.07 bits per heavy atom. The van der Waals surface area contributed by atoms with E-state index in [0.717, 1.165) is 0 Å². The van der Waals surface area contributed by atoms with Crippen molar-refractivity contribution in [2.24, 2.45) is 0 Å². The van der Waals surface area contributed by atoms with Crippen molar-refractivity contribution in [1.29, 1.82) is 0 Å². The number of benzene rings is 2. The number of halogens is 2. The number of carbonyl (C=O) groups is 2. The van der Waals surface area contributed by atoms with Gasteiger partial charge in [-0.2, -0.15) is 0 Å². The molecular formula is C20H18F2N4O2. The third-order valence-electron chi connectivity index (χ3n) is 4.76. The van der Waals surface area contributed by atoms with Crippen molar-refractivity contribution in [3.8, 4) is 0 Å². The maximum Gasteiger partial charge on any atom is 0.257 e. The van der Waals surface area contributed by atoms with Gasteiger partial charge in [0.15, 0.2) is 0 Å². The second-order valence-electron chi connectivity index (χ2n) is 6.57. The van der Waals surface area contributed by atoms with Gasteiger partial charge in [0.05, 0.1) is 16.9 Å². The minimum Gasteiger partial charge on any atom is -0.367 e. The minimum absolute atomic E-state index is 0.0461. The van der Waals surface area contributed by atoms with Crippen LogP contribution in [-0.4, -0.2) is 31.4 Å². The number of amides is 2. The highest BCUT2D eigenvalue weighted by molar-refractivity contribution is 6.31. The lowest BCUT2D eigenvalue weighted by Crippen LogP contribution is -2.29. The van der Waals surface area contributed by atoms with Crippen LogP contribution >= 0.6 is 0 Å². The summed E-state index contributed by atoms with van der Waals surface area (Å²) in [5.41, 5.74) is 1.58. The van der Waals surface area contributed by atoms with Gasteiger partial charge in [-0.05, 0) is 30.3 Å². The van der Waals surface area contributed by atoms with Crippen LogP contribution in [0.4, 0.5) is 25.8 Å². The molecule has 2 heterocycles. The van der Waals surface area contributed by atoms with Gasteiger partial charge in [-0.1, -0.05) is 6.07 Å². The molecule has 6 nitrogen and oxygen atoms in total. The van der Waals surface area contributed by atoms with Gasteiger partial charge in [-0.15, -0.1) is 0 Å². The number of nitrogens with zero attached hydrogens (tertiary/aromatic N) is 1. The molecule has 4 rings (SSSR count). The first-order valence-electron chi connectivity index (χ1n) is 8.91. The molecule has 2 aliphatic heterocycles. The second-order valence-corrected chi connectivity index (χ2v) is 6.57. The van der Waals surface area contributed by atoms with Crippen LogP contribution in [0.5, 0.6) is 0 Å². The van der Waals surface area contributed by atoms with E-state index in [9.17, 15) is 18.4 Å². The predicted octanol–water partition coefficient (Wildman–Crippen LogP) is 2.70. The van der Waals surface area contributed by atoms with Gasteiger partial charge in [0.25, 0.3) is 5.91 Å². The van der Waals surface area contributed by atoms with Crippen molar-refractivity contribution in [1.82, 2.24) is 5.32 Å². The number of hydrogen-bond acceptors (Lipinski definition) is 4. The molecule has 0 atom stereocenters. The summed E-state index contributed by atoms with van der Waals surface area (Å²) in [7, 11) is 0. The molecule has 0 aliphatic carbocycles. The van der Waals surface area contributed by atoms with Crippen LogP contribution in [0, 0.1) is 11.6 Å². The number of anilines is 3. The quantitative estimate of drug-likeness (QED) is 0.712. The number of carbonyl (C=O) groups excluding carboxylic acids is 2. The second kappa shape index (κ2) is 7.30. The SMILES string of the molecule is O=C1CCN(c2ccc(N/C=C3/C(=O)Nc4cccc(F)c43)cc2F)CCN1. The summed E-state index contributed by atoms with van der Waals surface area (Å²) in [4.78, 5) is 25.3. The zero-order chi connectivity index (χ0) is 19.7. The molecule has 2 aromatic carbocycles. The van der Waals surface area contributed by atoms with Crippen molar-refractivity contribution in [3.05, 3.63) is 59.8 Å². The van der Waals surface area contributed by atoms with Crippen LogP contribution < -0.4 is 20.9 Å². The molecule has 3 N–H and O–H groups in total. The van der Waals surface area contributed by atoms with E-state index in [1.807, 2.05) is 4.90 Å². The summed E-state index contributed by atoms with van der Waals surface area (Å²) in [6.45, 7) is 1.43. The van der Waals surface area contributed by atoms with Crippen LogP contribution in [0.15, 0.2) is 42.6 Å². The Balaban J connectivity index is 1.54. The van der Waals surface area contributed by atoms with E-state index in [4.69, 9.17) is 0 Å². The van der Waals surface area contributed by atoms with Gasteiger partial charge in [0.1, 0.15) is 11.6 Å². The predicted molar refractivity (Wildman–Crippen MR) is 103 cm³/mol. The third kappa shape index (κ3) is 3.40. The lowest BCUT2D eigenvalue weighted by Gasteiger charge is -2.22. The number of hydrogen-bond donors (Lipinski definition) is 3. The summed E-state index contributed by atoms with van der Waals surface area (Å²) >= 11 is 0. The molecule has 28 heavy (non-hydrogen) atoms. The van der Waals surface area contributed by atoms with Crippen molar-refractivity contribution < 1.29 is 18.4 Å². The van der Waals surface area contributed by atoms with E-state index in [-0.39, 0.29) is 17.0 Å². The average molecular weight is 384 g/mol. The summed E-state index contributed by atoms with van der Waals surface area (Å²) in [5.74, 6) is -1.42. The maximum absolute atomic E-state index is 14.6. The highest BCUT2D eigenvalue weighted by Gasteiger charge is 2.27. The largest absolute Gasteiger partial charge is 0.367 e. The van der Waals surface area contributed by atoms with Crippen molar-refractivity contribution in [3.63, 3.8) is 0 Å². The molecule has 2 amide bonds. The van der Waals surface area contributed by atoms with E-state index in [0.29, 0.717) is 43.1 Å². The summed E-state index contributed by atoms with van der Waals surface area (Å²) in [6.07, 6.45) is 1.68. The van der Waals surface area contributed by atoms with Crippen LogP contribution in [0.1, 0.15) is 12.0 Å². The van der Waals surface area contributed by atoms with E-state index < -0.39 is 17.5 Å². The molecule has 2 aromatic rings. The molecule has 2 aliphatic rings. The Morgan fingerprint density at radius 3 is 2.75 bits per heavy atom.